The molecule has 0 amide bonds. The van der Waals surface area contributed by atoms with Crippen molar-refractivity contribution in [1.82, 2.24) is 0 Å². The largest absolute Gasteiger partial charge is 0.497 e. The van der Waals surface area contributed by atoms with E-state index in [1.54, 1.807) is 19.2 Å². The summed E-state index contributed by atoms with van der Waals surface area (Å²) in [7, 11) is 3.13. The first-order chi connectivity index (χ1) is 10.0. The van der Waals surface area contributed by atoms with Gasteiger partial charge in [0.1, 0.15) is 17.3 Å². The molecular weight excluding hydrogens is 337 g/mol. The number of hydrogen-bond donors (Lipinski definition) is 1. The molecule has 0 heterocycles. The van der Waals surface area contributed by atoms with Crippen molar-refractivity contribution in [2.45, 2.75) is 13.0 Å². The molecule has 0 radical (unpaired) electrons. The number of nitrogens with one attached hydrogen (secondary N) is 1. The van der Waals surface area contributed by atoms with Gasteiger partial charge in [-0.05, 0) is 41.1 Å². The molecule has 0 aromatic heterocycles. The molecule has 3 nitrogen and oxygen atoms in total. The molecule has 0 saturated carbocycles. The highest BCUT2D eigenvalue weighted by Crippen LogP contribution is 2.31. The molecule has 0 aliphatic heterocycles. The number of rotatable bonds is 5. The first kappa shape index (κ1) is 15.6. The minimum atomic E-state index is -0.298. The summed E-state index contributed by atoms with van der Waals surface area (Å²) in [5.74, 6) is 0.947. The lowest BCUT2D eigenvalue weighted by molar-refractivity contribution is 0.410. The van der Waals surface area contributed by atoms with Crippen LogP contribution in [0.3, 0.4) is 0 Å². The van der Waals surface area contributed by atoms with E-state index in [9.17, 15) is 4.39 Å². The summed E-state index contributed by atoms with van der Waals surface area (Å²) in [6, 6.07) is 10.3. The molecule has 21 heavy (non-hydrogen) atoms. The summed E-state index contributed by atoms with van der Waals surface area (Å²) in [6.45, 7) is 1.90. The van der Waals surface area contributed by atoms with Gasteiger partial charge in [0.15, 0.2) is 0 Å². The van der Waals surface area contributed by atoms with E-state index >= 15 is 0 Å². The van der Waals surface area contributed by atoms with Crippen LogP contribution in [0.1, 0.15) is 18.5 Å². The van der Waals surface area contributed by atoms with Gasteiger partial charge in [0.25, 0.3) is 0 Å². The van der Waals surface area contributed by atoms with E-state index in [4.69, 9.17) is 9.47 Å². The summed E-state index contributed by atoms with van der Waals surface area (Å²) >= 11 is 3.47. The third-order valence-corrected chi connectivity index (χ3v) is 3.91. The van der Waals surface area contributed by atoms with Crippen molar-refractivity contribution in [2.24, 2.45) is 0 Å². The SMILES string of the molecule is COc1ccc(C(C)Nc2cc(OC)ccc2Br)c(F)c1. The van der Waals surface area contributed by atoms with Gasteiger partial charge in [0, 0.05) is 22.2 Å². The average molecular weight is 354 g/mol. The van der Waals surface area contributed by atoms with Crippen LogP contribution in [0.25, 0.3) is 0 Å². The van der Waals surface area contributed by atoms with Crippen LogP contribution >= 0.6 is 15.9 Å². The fourth-order valence-electron chi connectivity index (χ4n) is 2.04. The number of ether oxygens (including phenoxy) is 2. The zero-order valence-corrected chi connectivity index (χ0v) is 13.7. The van der Waals surface area contributed by atoms with Crippen molar-refractivity contribution in [3.8, 4) is 11.5 Å². The van der Waals surface area contributed by atoms with Gasteiger partial charge in [-0.1, -0.05) is 6.07 Å². The minimum absolute atomic E-state index is 0.195. The van der Waals surface area contributed by atoms with Crippen LogP contribution < -0.4 is 14.8 Å². The zero-order chi connectivity index (χ0) is 15.4. The Kier molecular flexibility index (Phi) is 5.07. The topological polar surface area (TPSA) is 30.5 Å². The maximum Gasteiger partial charge on any atom is 0.132 e. The highest BCUT2D eigenvalue weighted by atomic mass is 79.9. The standard InChI is InChI=1S/C16H17BrFNO2/c1-10(13-6-4-11(20-2)8-15(13)18)19-16-9-12(21-3)5-7-14(16)17/h4-10,19H,1-3H3. The number of anilines is 1. The molecule has 2 aromatic rings. The van der Waals surface area contributed by atoms with Crippen molar-refractivity contribution in [2.75, 3.05) is 19.5 Å². The number of hydrogen-bond acceptors (Lipinski definition) is 3. The van der Waals surface area contributed by atoms with Crippen molar-refractivity contribution in [3.05, 3.63) is 52.3 Å². The van der Waals surface area contributed by atoms with Crippen LogP contribution in [0.4, 0.5) is 10.1 Å². The second-order valence-corrected chi connectivity index (χ2v) is 5.45. The third kappa shape index (κ3) is 3.67. The Bertz CT molecular complexity index is 634. The first-order valence-electron chi connectivity index (χ1n) is 6.48. The Morgan fingerprint density at radius 1 is 1.05 bits per heavy atom. The first-order valence-corrected chi connectivity index (χ1v) is 7.28. The second-order valence-electron chi connectivity index (χ2n) is 4.60. The van der Waals surface area contributed by atoms with Gasteiger partial charge in [-0.2, -0.15) is 0 Å². The van der Waals surface area contributed by atoms with Crippen LogP contribution in [0.5, 0.6) is 11.5 Å². The quantitative estimate of drug-likeness (QED) is 0.838. The van der Waals surface area contributed by atoms with Crippen LogP contribution in [0, 0.1) is 5.82 Å². The fraction of sp³-hybridized carbons (Fsp3) is 0.250. The molecule has 1 N–H and O–H groups in total. The second kappa shape index (κ2) is 6.80. The van der Waals surface area contributed by atoms with Gasteiger partial charge in [0.2, 0.25) is 0 Å². The predicted octanol–water partition coefficient (Wildman–Crippen LogP) is 4.78. The number of methoxy groups -OCH3 is 2. The molecule has 0 spiro atoms. The van der Waals surface area contributed by atoms with Crippen LogP contribution in [-0.2, 0) is 0 Å². The molecule has 1 unspecified atom stereocenters. The normalized spacial score (nSPS) is 11.9. The molecule has 1 atom stereocenters. The molecule has 0 aliphatic rings. The summed E-state index contributed by atoms with van der Waals surface area (Å²) in [5, 5.41) is 3.27. The lowest BCUT2D eigenvalue weighted by Gasteiger charge is -2.18. The van der Waals surface area contributed by atoms with E-state index in [0.717, 1.165) is 15.9 Å². The average Bonchev–Trinajstić information content (AvgIpc) is 2.49. The predicted molar refractivity (Wildman–Crippen MR) is 85.7 cm³/mol. The van der Waals surface area contributed by atoms with Gasteiger partial charge in [-0.3, -0.25) is 0 Å². The van der Waals surface area contributed by atoms with Crippen LogP contribution in [-0.4, -0.2) is 14.2 Å². The van der Waals surface area contributed by atoms with Crippen molar-refractivity contribution in [1.29, 1.82) is 0 Å². The van der Waals surface area contributed by atoms with Gasteiger partial charge in [0.05, 0.1) is 25.9 Å². The summed E-state index contributed by atoms with van der Waals surface area (Å²) in [6.07, 6.45) is 0. The molecule has 0 saturated heterocycles. The highest BCUT2D eigenvalue weighted by Gasteiger charge is 2.13. The molecule has 112 valence electrons. The molecule has 2 rings (SSSR count). The van der Waals surface area contributed by atoms with Gasteiger partial charge in [-0.15, -0.1) is 0 Å². The molecule has 0 bridgehead atoms. The summed E-state index contributed by atoms with van der Waals surface area (Å²) in [5.41, 5.74) is 1.42. The van der Waals surface area contributed by atoms with E-state index in [-0.39, 0.29) is 11.9 Å². The monoisotopic (exact) mass is 353 g/mol. The fourth-order valence-corrected chi connectivity index (χ4v) is 2.40. The van der Waals surface area contributed by atoms with Gasteiger partial charge >= 0.3 is 0 Å². The van der Waals surface area contributed by atoms with Crippen molar-refractivity contribution < 1.29 is 13.9 Å². The zero-order valence-electron chi connectivity index (χ0n) is 12.1. The molecule has 2 aromatic carbocycles. The van der Waals surface area contributed by atoms with Gasteiger partial charge < -0.3 is 14.8 Å². The van der Waals surface area contributed by atoms with Crippen LogP contribution in [0.15, 0.2) is 40.9 Å². The Balaban J connectivity index is 2.23. The highest BCUT2D eigenvalue weighted by molar-refractivity contribution is 9.10. The lowest BCUT2D eigenvalue weighted by atomic mass is 10.1. The van der Waals surface area contributed by atoms with Crippen molar-refractivity contribution in [3.63, 3.8) is 0 Å². The maximum absolute atomic E-state index is 14.1. The number of benzene rings is 2. The minimum Gasteiger partial charge on any atom is -0.497 e. The van der Waals surface area contributed by atoms with Gasteiger partial charge in [-0.25, -0.2) is 4.39 Å². The Hall–Kier alpha value is -1.75. The molecule has 5 heteroatoms. The maximum atomic E-state index is 14.1. The van der Waals surface area contributed by atoms with E-state index in [0.29, 0.717) is 11.3 Å². The van der Waals surface area contributed by atoms with E-state index in [2.05, 4.69) is 21.2 Å². The number of halogens is 2. The third-order valence-electron chi connectivity index (χ3n) is 3.22. The van der Waals surface area contributed by atoms with Crippen LogP contribution in [0.2, 0.25) is 0 Å². The Morgan fingerprint density at radius 3 is 2.29 bits per heavy atom. The van der Waals surface area contributed by atoms with Crippen molar-refractivity contribution >= 4 is 21.6 Å². The summed E-state index contributed by atoms with van der Waals surface area (Å²) < 4.78 is 25.2. The Morgan fingerprint density at radius 2 is 1.67 bits per heavy atom. The molecular formula is C16H17BrFNO2. The Labute approximate surface area is 132 Å². The molecule has 0 fully saturated rings. The van der Waals surface area contributed by atoms with E-state index < -0.39 is 0 Å². The summed E-state index contributed by atoms with van der Waals surface area (Å²) in [4.78, 5) is 0. The lowest BCUT2D eigenvalue weighted by Crippen LogP contribution is -2.09. The van der Waals surface area contributed by atoms with E-state index in [1.807, 2.05) is 25.1 Å². The molecule has 0 aliphatic carbocycles. The van der Waals surface area contributed by atoms with E-state index in [1.165, 1.54) is 13.2 Å². The smallest absolute Gasteiger partial charge is 0.132 e.